The average molecular weight is 205 g/mol. The molecule has 1 rings (SSSR count). The normalized spacial score (nSPS) is 10.5. The fourth-order valence-electron chi connectivity index (χ4n) is 0.948. The minimum atomic E-state index is -2.57. The Balaban J connectivity index is 3.19. The van der Waals surface area contributed by atoms with Gasteiger partial charge >= 0.3 is 0 Å². The Bertz CT molecular complexity index is 336. The summed E-state index contributed by atoms with van der Waals surface area (Å²) in [6, 6.07) is 3.63. The summed E-state index contributed by atoms with van der Waals surface area (Å²) in [6.45, 7) is 1.29. The highest BCUT2D eigenvalue weighted by atomic mass is 35.5. The molecular formula is C9H7ClF2O. The van der Waals surface area contributed by atoms with Gasteiger partial charge in [0.15, 0.2) is 5.78 Å². The summed E-state index contributed by atoms with van der Waals surface area (Å²) in [7, 11) is 0. The molecule has 0 N–H and O–H groups in total. The predicted molar refractivity (Wildman–Crippen MR) is 46.4 cm³/mol. The zero-order chi connectivity index (χ0) is 10.0. The molecule has 1 aromatic rings. The van der Waals surface area contributed by atoms with Crippen molar-refractivity contribution in [3.05, 3.63) is 34.3 Å². The molecule has 0 radical (unpaired) electrons. The number of carbonyl (C=O) groups excluding carboxylic acids is 1. The van der Waals surface area contributed by atoms with E-state index < -0.39 is 6.43 Å². The van der Waals surface area contributed by atoms with Crippen LogP contribution in [0.2, 0.25) is 5.02 Å². The highest BCUT2D eigenvalue weighted by Gasteiger charge is 2.11. The zero-order valence-corrected chi connectivity index (χ0v) is 7.61. The van der Waals surface area contributed by atoms with Crippen LogP contribution in [0.1, 0.15) is 29.3 Å². The van der Waals surface area contributed by atoms with Crippen LogP contribution < -0.4 is 0 Å². The van der Waals surface area contributed by atoms with Gasteiger partial charge in [0.2, 0.25) is 0 Å². The number of hydrogen-bond acceptors (Lipinski definition) is 1. The lowest BCUT2D eigenvalue weighted by Gasteiger charge is -2.03. The molecule has 0 aliphatic heterocycles. The van der Waals surface area contributed by atoms with Crippen LogP contribution in [-0.4, -0.2) is 5.78 Å². The lowest BCUT2D eigenvalue weighted by molar-refractivity contribution is 0.101. The van der Waals surface area contributed by atoms with Crippen molar-refractivity contribution in [3.8, 4) is 0 Å². The van der Waals surface area contributed by atoms with Crippen LogP contribution in [0.25, 0.3) is 0 Å². The Morgan fingerprint density at radius 2 is 2.08 bits per heavy atom. The molecule has 0 saturated heterocycles. The largest absolute Gasteiger partial charge is 0.294 e. The van der Waals surface area contributed by atoms with Gasteiger partial charge < -0.3 is 0 Å². The van der Waals surface area contributed by atoms with E-state index in [4.69, 9.17) is 11.6 Å². The number of Topliss-reactive ketones (excluding diaryl/α,β-unsaturated/α-hetero) is 1. The van der Waals surface area contributed by atoms with E-state index in [-0.39, 0.29) is 21.9 Å². The molecule has 0 spiro atoms. The smallest absolute Gasteiger partial charge is 0.263 e. The monoisotopic (exact) mass is 204 g/mol. The second-order valence-corrected chi connectivity index (χ2v) is 3.00. The molecule has 0 aromatic heterocycles. The van der Waals surface area contributed by atoms with Gasteiger partial charge in [-0.3, -0.25) is 4.79 Å². The highest BCUT2D eigenvalue weighted by Crippen LogP contribution is 2.24. The van der Waals surface area contributed by atoms with Crippen LogP contribution >= 0.6 is 11.6 Å². The third-order valence-electron chi connectivity index (χ3n) is 1.62. The van der Waals surface area contributed by atoms with Gasteiger partial charge in [-0.15, -0.1) is 0 Å². The Labute approximate surface area is 79.3 Å². The first-order chi connectivity index (χ1) is 6.02. The van der Waals surface area contributed by atoms with Gasteiger partial charge in [0, 0.05) is 11.1 Å². The Kier molecular flexibility index (Phi) is 2.98. The van der Waals surface area contributed by atoms with Gasteiger partial charge in [0.05, 0.1) is 5.02 Å². The van der Waals surface area contributed by atoms with Gasteiger partial charge in [0.25, 0.3) is 6.43 Å². The molecule has 0 unspecified atom stereocenters. The maximum absolute atomic E-state index is 12.2. The van der Waals surface area contributed by atoms with Crippen molar-refractivity contribution in [2.75, 3.05) is 0 Å². The van der Waals surface area contributed by atoms with Crippen molar-refractivity contribution in [3.63, 3.8) is 0 Å². The number of ketones is 1. The zero-order valence-electron chi connectivity index (χ0n) is 6.85. The van der Waals surface area contributed by atoms with Crippen molar-refractivity contribution >= 4 is 17.4 Å². The molecule has 1 aromatic carbocycles. The first-order valence-corrected chi connectivity index (χ1v) is 3.98. The first-order valence-electron chi connectivity index (χ1n) is 3.61. The van der Waals surface area contributed by atoms with Crippen LogP contribution in [-0.2, 0) is 0 Å². The van der Waals surface area contributed by atoms with E-state index >= 15 is 0 Å². The molecular weight excluding hydrogens is 198 g/mol. The SMILES string of the molecule is CC(=O)c1cc(C(F)F)ccc1Cl. The van der Waals surface area contributed by atoms with Crippen molar-refractivity contribution in [2.24, 2.45) is 0 Å². The average Bonchev–Trinajstić information content (AvgIpc) is 2.04. The molecule has 0 heterocycles. The van der Waals surface area contributed by atoms with E-state index in [0.717, 1.165) is 6.07 Å². The second-order valence-electron chi connectivity index (χ2n) is 2.60. The first kappa shape index (κ1) is 10.1. The van der Waals surface area contributed by atoms with E-state index in [9.17, 15) is 13.6 Å². The van der Waals surface area contributed by atoms with Crippen LogP contribution in [0.5, 0.6) is 0 Å². The lowest BCUT2D eigenvalue weighted by Crippen LogP contribution is -1.95. The molecule has 0 atom stereocenters. The molecule has 1 nitrogen and oxygen atoms in total. The number of alkyl halides is 2. The summed E-state index contributed by atoms with van der Waals surface area (Å²) in [4.78, 5) is 10.9. The third-order valence-corrected chi connectivity index (χ3v) is 1.95. The number of rotatable bonds is 2. The molecule has 0 saturated carbocycles. The predicted octanol–water partition coefficient (Wildman–Crippen LogP) is 3.48. The summed E-state index contributed by atoms with van der Waals surface area (Å²) in [5.74, 6) is -0.312. The standard InChI is InChI=1S/C9H7ClF2O/c1-5(13)7-4-6(9(11)12)2-3-8(7)10/h2-4,9H,1H3. The van der Waals surface area contributed by atoms with Gasteiger partial charge in [0.1, 0.15) is 0 Å². The van der Waals surface area contributed by atoms with Crippen molar-refractivity contribution < 1.29 is 13.6 Å². The minimum Gasteiger partial charge on any atom is -0.294 e. The van der Waals surface area contributed by atoms with Crippen molar-refractivity contribution in [1.82, 2.24) is 0 Å². The molecule has 0 amide bonds. The van der Waals surface area contributed by atoms with Crippen LogP contribution in [0.4, 0.5) is 8.78 Å². The Morgan fingerprint density at radius 3 is 2.54 bits per heavy atom. The Morgan fingerprint density at radius 1 is 1.46 bits per heavy atom. The topological polar surface area (TPSA) is 17.1 Å². The fourth-order valence-corrected chi connectivity index (χ4v) is 1.20. The van der Waals surface area contributed by atoms with Gasteiger partial charge in [-0.05, 0) is 19.1 Å². The molecule has 0 aliphatic rings. The number of benzene rings is 1. The molecule has 0 fully saturated rings. The molecule has 70 valence electrons. The fraction of sp³-hybridized carbons (Fsp3) is 0.222. The summed E-state index contributed by atoms with van der Waals surface area (Å²) in [6.07, 6.45) is -2.57. The summed E-state index contributed by atoms with van der Waals surface area (Å²) >= 11 is 5.63. The Hall–Kier alpha value is -0.960. The van der Waals surface area contributed by atoms with E-state index in [1.54, 1.807) is 0 Å². The van der Waals surface area contributed by atoms with Crippen LogP contribution in [0.3, 0.4) is 0 Å². The quantitative estimate of drug-likeness (QED) is 0.674. The molecule has 0 bridgehead atoms. The van der Waals surface area contributed by atoms with Crippen molar-refractivity contribution in [1.29, 1.82) is 0 Å². The van der Waals surface area contributed by atoms with E-state index in [1.165, 1.54) is 19.1 Å². The highest BCUT2D eigenvalue weighted by molar-refractivity contribution is 6.33. The lowest BCUT2D eigenvalue weighted by atomic mass is 10.1. The number of carbonyl (C=O) groups is 1. The van der Waals surface area contributed by atoms with Gasteiger partial charge in [-0.1, -0.05) is 17.7 Å². The third kappa shape index (κ3) is 2.25. The van der Waals surface area contributed by atoms with E-state index in [1.807, 2.05) is 0 Å². The summed E-state index contributed by atoms with van der Waals surface area (Å²) in [5.41, 5.74) is -0.0472. The van der Waals surface area contributed by atoms with Crippen molar-refractivity contribution in [2.45, 2.75) is 13.3 Å². The molecule has 13 heavy (non-hydrogen) atoms. The van der Waals surface area contributed by atoms with Crippen LogP contribution in [0, 0.1) is 0 Å². The number of hydrogen-bond donors (Lipinski definition) is 0. The second kappa shape index (κ2) is 3.83. The molecule has 0 aliphatic carbocycles. The summed E-state index contributed by atoms with van der Waals surface area (Å²) in [5, 5.41) is 0.205. The maximum Gasteiger partial charge on any atom is 0.263 e. The molecule has 4 heteroatoms. The minimum absolute atomic E-state index is 0.138. The van der Waals surface area contributed by atoms with E-state index in [0.29, 0.717) is 0 Å². The summed E-state index contributed by atoms with van der Waals surface area (Å²) < 4.78 is 24.4. The maximum atomic E-state index is 12.2. The number of halogens is 3. The van der Waals surface area contributed by atoms with Crippen LogP contribution in [0.15, 0.2) is 18.2 Å². The van der Waals surface area contributed by atoms with Gasteiger partial charge in [-0.25, -0.2) is 8.78 Å². The van der Waals surface area contributed by atoms with E-state index in [2.05, 4.69) is 0 Å². The van der Waals surface area contributed by atoms with Gasteiger partial charge in [-0.2, -0.15) is 0 Å².